The number of aliphatic imine (C=N–C) groups is 1. The van der Waals surface area contributed by atoms with Gasteiger partial charge in [-0.3, -0.25) is 4.79 Å². The first kappa shape index (κ1) is 23.1. The van der Waals surface area contributed by atoms with Gasteiger partial charge in [-0.15, -0.1) is 0 Å². The number of carbonyl (C=O) groups is 1. The number of methoxy groups -OCH3 is 2. The molecule has 1 unspecified atom stereocenters. The van der Waals surface area contributed by atoms with Crippen LogP contribution in [0.5, 0.6) is 11.5 Å². The third-order valence-corrected chi connectivity index (χ3v) is 4.68. The summed E-state index contributed by atoms with van der Waals surface area (Å²) in [5.74, 6) is 1.96. The molecule has 7 heteroatoms. The summed E-state index contributed by atoms with van der Waals surface area (Å²) in [5, 5.41) is 6.70. The molecule has 0 bridgehead atoms. The Labute approximate surface area is 179 Å². The van der Waals surface area contributed by atoms with E-state index in [1.54, 1.807) is 28.3 Å². The summed E-state index contributed by atoms with van der Waals surface area (Å²) in [6.07, 6.45) is 0.766. The third-order valence-electron chi connectivity index (χ3n) is 4.68. The zero-order valence-corrected chi connectivity index (χ0v) is 18.4. The minimum Gasteiger partial charge on any atom is -0.493 e. The molecule has 0 aromatic heterocycles. The fourth-order valence-electron chi connectivity index (χ4n) is 2.83. The molecule has 7 nitrogen and oxygen atoms in total. The lowest BCUT2D eigenvalue weighted by atomic mass is 10.1. The Balaban J connectivity index is 2.03. The van der Waals surface area contributed by atoms with E-state index < -0.39 is 0 Å². The highest BCUT2D eigenvalue weighted by Gasteiger charge is 2.10. The van der Waals surface area contributed by atoms with Gasteiger partial charge in [-0.25, -0.2) is 4.99 Å². The maximum absolute atomic E-state index is 12.0. The van der Waals surface area contributed by atoms with Crippen LogP contribution in [-0.2, 0) is 11.2 Å². The maximum Gasteiger partial charge on any atom is 0.243 e. The average molecular weight is 413 g/mol. The number of ether oxygens (including phenoxy) is 2. The van der Waals surface area contributed by atoms with Crippen molar-refractivity contribution in [2.75, 3.05) is 41.4 Å². The molecule has 0 aliphatic carbocycles. The minimum atomic E-state index is -0.0524. The van der Waals surface area contributed by atoms with Crippen LogP contribution in [0.4, 0.5) is 0 Å². The van der Waals surface area contributed by atoms with Gasteiger partial charge in [0.2, 0.25) is 5.91 Å². The predicted molar refractivity (Wildman–Crippen MR) is 120 cm³/mol. The molecule has 0 radical (unpaired) electrons. The van der Waals surface area contributed by atoms with Gasteiger partial charge in [-0.2, -0.15) is 0 Å². The molecule has 0 aliphatic heterocycles. The summed E-state index contributed by atoms with van der Waals surface area (Å²) in [5.41, 5.74) is 2.26. The first-order valence-electron chi connectivity index (χ1n) is 9.95. The predicted octanol–water partition coefficient (Wildman–Crippen LogP) is 2.63. The van der Waals surface area contributed by atoms with Gasteiger partial charge in [-0.1, -0.05) is 36.4 Å². The molecule has 2 aromatic rings. The molecule has 0 saturated heterocycles. The van der Waals surface area contributed by atoms with E-state index in [1.807, 2.05) is 36.4 Å². The zero-order chi connectivity index (χ0) is 21.9. The third kappa shape index (κ3) is 6.99. The Morgan fingerprint density at radius 2 is 1.77 bits per heavy atom. The van der Waals surface area contributed by atoms with Crippen LogP contribution in [0.3, 0.4) is 0 Å². The van der Waals surface area contributed by atoms with Crippen LogP contribution in [0.1, 0.15) is 24.1 Å². The molecule has 0 aliphatic rings. The lowest BCUT2D eigenvalue weighted by Crippen LogP contribution is -2.40. The molecular formula is C23H32N4O3. The topological polar surface area (TPSA) is 75.2 Å². The normalized spacial score (nSPS) is 12.1. The Kier molecular flexibility index (Phi) is 9.00. The highest BCUT2D eigenvalue weighted by molar-refractivity contribution is 5.85. The number of rotatable bonds is 9. The second-order valence-electron chi connectivity index (χ2n) is 7.10. The van der Waals surface area contributed by atoms with Crippen molar-refractivity contribution < 1.29 is 14.3 Å². The van der Waals surface area contributed by atoms with E-state index >= 15 is 0 Å². The summed E-state index contributed by atoms with van der Waals surface area (Å²) < 4.78 is 10.7. The van der Waals surface area contributed by atoms with Crippen molar-refractivity contribution in [3.05, 3.63) is 59.7 Å². The quantitative estimate of drug-likeness (QED) is 0.489. The molecule has 162 valence electrons. The number of likely N-dealkylation sites (N-methyl/N-ethyl adjacent to an activating group) is 1. The molecule has 1 amide bonds. The molecule has 0 saturated carbocycles. The summed E-state index contributed by atoms with van der Waals surface area (Å²) in [4.78, 5) is 18.0. The monoisotopic (exact) mass is 412 g/mol. The van der Waals surface area contributed by atoms with Crippen LogP contribution in [0.25, 0.3) is 0 Å². The van der Waals surface area contributed by atoms with Gasteiger partial charge in [0.15, 0.2) is 17.5 Å². The first-order chi connectivity index (χ1) is 14.4. The zero-order valence-electron chi connectivity index (χ0n) is 18.4. The van der Waals surface area contributed by atoms with Crippen molar-refractivity contribution in [3.8, 4) is 11.5 Å². The Morgan fingerprint density at radius 3 is 2.40 bits per heavy atom. The number of nitrogens with one attached hydrogen (secondary N) is 2. The number of hydrogen-bond acceptors (Lipinski definition) is 4. The van der Waals surface area contributed by atoms with E-state index in [1.165, 1.54) is 4.90 Å². The second kappa shape index (κ2) is 11.7. The molecule has 2 aromatic carbocycles. The van der Waals surface area contributed by atoms with E-state index in [0.717, 1.165) is 17.5 Å². The Hall–Kier alpha value is -3.22. The number of amides is 1. The van der Waals surface area contributed by atoms with Gasteiger partial charge in [0.1, 0.15) is 6.54 Å². The Bertz CT molecular complexity index is 838. The highest BCUT2D eigenvalue weighted by Crippen LogP contribution is 2.27. The smallest absolute Gasteiger partial charge is 0.243 e. The number of nitrogens with zero attached hydrogens (tertiary/aromatic N) is 2. The molecule has 2 rings (SSSR count). The molecule has 0 fully saturated rings. The molecule has 0 heterocycles. The van der Waals surface area contributed by atoms with Crippen molar-refractivity contribution in [2.45, 2.75) is 19.4 Å². The van der Waals surface area contributed by atoms with Crippen LogP contribution in [-0.4, -0.2) is 58.2 Å². The van der Waals surface area contributed by atoms with Gasteiger partial charge in [0.25, 0.3) is 0 Å². The van der Waals surface area contributed by atoms with E-state index in [0.29, 0.717) is 24.0 Å². The van der Waals surface area contributed by atoms with Crippen molar-refractivity contribution >= 4 is 11.9 Å². The number of benzene rings is 2. The molecule has 1 atom stereocenters. The second-order valence-corrected chi connectivity index (χ2v) is 7.10. The van der Waals surface area contributed by atoms with Gasteiger partial charge >= 0.3 is 0 Å². The van der Waals surface area contributed by atoms with Crippen LogP contribution in [0.2, 0.25) is 0 Å². The van der Waals surface area contributed by atoms with Crippen LogP contribution < -0.4 is 20.1 Å². The summed E-state index contributed by atoms with van der Waals surface area (Å²) in [6.45, 7) is 2.80. The number of guanidine groups is 1. The lowest BCUT2D eigenvalue weighted by molar-refractivity contribution is -0.127. The fourth-order valence-corrected chi connectivity index (χ4v) is 2.83. The van der Waals surface area contributed by atoms with Crippen molar-refractivity contribution in [1.82, 2.24) is 15.5 Å². The molecular weight excluding hydrogens is 380 g/mol. The van der Waals surface area contributed by atoms with Gasteiger partial charge < -0.3 is 25.0 Å². The van der Waals surface area contributed by atoms with Crippen molar-refractivity contribution in [3.63, 3.8) is 0 Å². The van der Waals surface area contributed by atoms with E-state index in [2.05, 4.69) is 34.7 Å². The fraction of sp³-hybridized carbons (Fsp3) is 0.391. The van der Waals surface area contributed by atoms with E-state index in [4.69, 9.17) is 9.47 Å². The summed E-state index contributed by atoms with van der Waals surface area (Å²) >= 11 is 0. The SMILES string of the molecule is COc1ccc(CCNC(=NCC(=O)N(C)C)NC(C)c2ccccc2)cc1OC. The minimum absolute atomic E-state index is 0.0491. The number of hydrogen-bond donors (Lipinski definition) is 2. The highest BCUT2D eigenvalue weighted by atomic mass is 16.5. The lowest BCUT2D eigenvalue weighted by Gasteiger charge is -2.19. The van der Waals surface area contributed by atoms with Crippen LogP contribution in [0.15, 0.2) is 53.5 Å². The van der Waals surface area contributed by atoms with Crippen molar-refractivity contribution in [2.24, 2.45) is 4.99 Å². The largest absolute Gasteiger partial charge is 0.493 e. The van der Waals surface area contributed by atoms with Gasteiger partial charge in [0, 0.05) is 20.6 Å². The average Bonchev–Trinajstić information content (AvgIpc) is 2.77. The van der Waals surface area contributed by atoms with Crippen LogP contribution in [0, 0.1) is 0 Å². The molecule has 30 heavy (non-hydrogen) atoms. The first-order valence-corrected chi connectivity index (χ1v) is 9.95. The van der Waals surface area contributed by atoms with E-state index in [9.17, 15) is 4.79 Å². The van der Waals surface area contributed by atoms with Gasteiger partial charge in [-0.05, 0) is 36.6 Å². The van der Waals surface area contributed by atoms with E-state index in [-0.39, 0.29) is 18.5 Å². The Morgan fingerprint density at radius 1 is 1.07 bits per heavy atom. The van der Waals surface area contributed by atoms with Crippen LogP contribution >= 0.6 is 0 Å². The number of carbonyl (C=O) groups excluding carboxylic acids is 1. The summed E-state index contributed by atoms with van der Waals surface area (Å²) in [7, 11) is 6.70. The maximum atomic E-state index is 12.0. The molecule has 2 N–H and O–H groups in total. The standard InChI is InChI=1S/C23H32N4O3/c1-17(19-9-7-6-8-10-19)26-23(25-16-22(28)27(2)3)24-14-13-18-11-12-20(29-4)21(15-18)30-5/h6-12,15,17H,13-14,16H2,1-5H3,(H2,24,25,26). The van der Waals surface area contributed by atoms with Crippen molar-refractivity contribution in [1.29, 1.82) is 0 Å². The summed E-state index contributed by atoms with van der Waals surface area (Å²) in [6, 6.07) is 16.0. The van der Waals surface area contributed by atoms with Gasteiger partial charge in [0.05, 0.1) is 20.3 Å². The molecule has 0 spiro atoms.